The Morgan fingerprint density at radius 3 is 3.05 bits per heavy atom. The first-order chi connectivity index (χ1) is 10.2. The average molecular weight is 286 g/mol. The summed E-state index contributed by atoms with van der Waals surface area (Å²) in [5, 5.41) is 6.49. The van der Waals surface area contributed by atoms with Gasteiger partial charge in [0.15, 0.2) is 6.61 Å². The largest absolute Gasteiger partial charge is 0.484 e. The molecular formula is C15H18N4O2. The molecule has 1 amide bonds. The molecule has 1 N–H and O–H groups in total. The highest BCUT2D eigenvalue weighted by atomic mass is 16.5. The van der Waals surface area contributed by atoms with E-state index >= 15 is 0 Å². The first-order valence-corrected chi connectivity index (χ1v) is 7.05. The fourth-order valence-corrected chi connectivity index (χ4v) is 2.51. The maximum absolute atomic E-state index is 12.0. The number of amides is 1. The molecule has 110 valence electrons. The van der Waals surface area contributed by atoms with Crippen molar-refractivity contribution >= 4 is 5.91 Å². The SMILES string of the molecule is CN(Cc1ncn[nH]1)C(=O)COc1ccc2c(c1)CCC2. The van der Waals surface area contributed by atoms with E-state index in [2.05, 4.69) is 21.2 Å². The number of H-pyrrole nitrogens is 1. The van der Waals surface area contributed by atoms with Gasteiger partial charge in [0, 0.05) is 7.05 Å². The number of benzene rings is 1. The Kier molecular flexibility index (Phi) is 3.85. The molecule has 0 saturated carbocycles. The van der Waals surface area contributed by atoms with Gasteiger partial charge >= 0.3 is 0 Å². The van der Waals surface area contributed by atoms with Crippen LogP contribution in [0.3, 0.4) is 0 Å². The molecule has 21 heavy (non-hydrogen) atoms. The minimum Gasteiger partial charge on any atom is -0.484 e. The van der Waals surface area contributed by atoms with Crippen LogP contribution in [0.4, 0.5) is 0 Å². The smallest absolute Gasteiger partial charge is 0.260 e. The number of fused-ring (bicyclic) bond motifs is 1. The molecule has 1 aromatic heterocycles. The quantitative estimate of drug-likeness (QED) is 0.900. The van der Waals surface area contributed by atoms with Crippen LogP contribution < -0.4 is 4.74 Å². The van der Waals surface area contributed by atoms with Gasteiger partial charge in [-0.25, -0.2) is 4.98 Å². The molecule has 0 bridgehead atoms. The van der Waals surface area contributed by atoms with E-state index in [9.17, 15) is 4.79 Å². The van der Waals surface area contributed by atoms with E-state index in [1.54, 1.807) is 11.9 Å². The molecule has 0 fully saturated rings. The third-order valence-corrected chi connectivity index (χ3v) is 3.71. The number of ether oxygens (including phenoxy) is 1. The molecule has 0 atom stereocenters. The number of nitrogens with one attached hydrogen (secondary N) is 1. The van der Waals surface area contributed by atoms with E-state index in [4.69, 9.17) is 4.74 Å². The van der Waals surface area contributed by atoms with Crippen LogP contribution in [0, 0.1) is 0 Å². The summed E-state index contributed by atoms with van der Waals surface area (Å²) in [6.07, 6.45) is 4.88. The van der Waals surface area contributed by atoms with E-state index < -0.39 is 0 Å². The van der Waals surface area contributed by atoms with Crippen molar-refractivity contribution in [1.29, 1.82) is 0 Å². The topological polar surface area (TPSA) is 71.1 Å². The van der Waals surface area contributed by atoms with Gasteiger partial charge < -0.3 is 9.64 Å². The standard InChI is InChI=1S/C15H18N4O2/c1-19(8-14-16-10-17-18-14)15(20)9-21-13-6-5-11-3-2-4-12(11)7-13/h5-7,10H,2-4,8-9H2,1H3,(H,16,17,18). The molecular weight excluding hydrogens is 268 g/mol. The summed E-state index contributed by atoms with van der Waals surface area (Å²) in [6, 6.07) is 6.08. The first-order valence-electron chi connectivity index (χ1n) is 7.05. The lowest BCUT2D eigenvalue weighted by Gasteiger charge is -2.16. The van der Waals surface area contributed by atoms with Crippen molar-refractivity contribution in [2.45, 2.75) is 25.8 Å². The number of hydrogen-bond acceptors (Lipinski definition) is 4. The Bertz CT molecular complexity index is 625. The fraction of sp³-hybridized carbons (Fsp3) is 0.400. The second-order valence-corrected chi connectivity index (χ2v) is 5.25. The third-order valence-electron chi connectivity index (χ3n) is 3.71. The van der Waals surface area contributed by atoms with Gasteiger partial charge in [0.1, 0.15) is 17.9 Å². The van der Waals surface area contributed by atoms with E-state index in [-0.39, 0.29) is 12.5 Å². The summed E-state index contributed by atoms with van der Waals surface area (Å²) < 4.78 is 5.60. The Balaban J connectivity index is 1.53. The number of likely N-dealkylation sites (N-methyl/N-ethyl adjacent to an activating group) is 1. The number of carbonyl (C=O) groups is 1. The number of hydrogen-bond donors (Lipinski definition) is 1. The number of aryl methyl sites for hydroxylation is 2. The van der Waals surface area contributed by atoms with Gasteiger partial charge in [0.2, 0.25) is 0 Å². The molecule has 6 heteroatoms. The summed E-state index contributed by atoms with van der Waals surface area (Å²) in [4.78, 5) is 17.6. The Labute approximate surface area is 123 Å². The summed E-state index contributed by atoms with van der Waals surface area (Å²) in [5.74, 6) is 1.33. The van der Waals surface area contributed by atoms with Crippen LogP contribution >= 0.6 is 0 Å². The van der Waals surface area contributed by atoms with Crippen LogP contribution in [0.15, 0.2) is 24.5 Å². The van der Waals surface area contributed by atoms with Crippen molar-refractivity contribution in [2.75, 3.05) is 13.7 Å². The third kappa shape index (κ3) is 3.21. The maximum Gasteiger partial charge on any atom is 0.260 e. The van der Waals surface area contributed by atoms with E-state index in [1.165, 1.54) is 23.9 Å². The number of nitrogens with zero attached hydrogens (tertiary/aromatic N) is 3. The summed E-state index contributed by atoms with van der Waals surface area (Å²) >= 11 is 0. The van der Waals surface area contributed by atoms with Gasteiger partial charge in [0.05, 0.1) is 6.54 Å². The Hall–Kier alpha value is -2.37. The molecule has 1 aromatic carbocycles. The lowest BCUT2D eigenvalue weighted by Crippen LogP contribution is -2.31. The second-order valence-electron chi connectivity index (χ2n) is 5.25. The van der Waals surface area contributed by atoms with Gasteiger partial charge in [-0.15, -0.1) is 0 Å². The number of rotatable bonds is 5. The molecule has 2 aromatic rings. The molecule has 1 aliphatic carbocycles. The van der Waals surface area contributed by atoms with Gasteiger partial charge in [-0.1, -0.05) is 6.07 Å². The molecule has 0 aliphatic heterocycles. The van der Waals surface area contributed by atoms with Gasteiger partial charge in [-0.2, -0.15) is 5.10 Å². The summed E-state index contributed by atoms with van der Waals surface area (Å²) in [7, 11) is 1.72. The van der Waals surface area contributed by atoms with Crippen LogP contribution in [0.25, 0.3) is 0 Å². The maximum atomic E-state index is 12.0. The van der Waals surface area contributed by atoms with E-state index in [1.807, 2.05) is 12.1 Å². The van der Waals surface area contributed by atoms with Gasteiger partial charge in [0.25, 0.3) is 5.91 Å². The highest BCUT2D eigenvalue weighted by Gasteiger charge is 2.14. The predicted octanol–water partition coefficient (Wildman–Crippen LogP) is 1.33. The zero-order valence-corrected chi connectivity index (χ0v) is 12.0. The van der Waals surface area contributed by atoms with Crippen LogP contribution in [-0.4, -0.2) is 39.6 Å². The number of aromatic nitrogens is 3. The minimum absolute atomic E-state index is 0.0312. The Morgan fingerprint density at radius 2 is 2.24 bits per heavy atom. The zero-order valence-electron chi connectivity index (χ0n) is 12.0. The molecule has 0 spiro atoms. The van der Waals surface area contributed by atoms with E-state index in [0.717, 1.165) is 18.6 Å². The highest BCUT2D eigenvalue weighted by molar-refractivity contribution is 5.77. The molecule has 1 aliphatic rings. The molecule has 3 rings (SSSR count). The average Bonchev–Trinajstić information content (AvgIpc) is 3.14. The van der Waals surface area contributed by atoms with Crippen LogP contribution in [0.5, 0.6) is 5.75 Å². The van der Waals surface area contributed by atoms with Crippen molar-refractivity contribution in [3.8, 4) is 5.75 Å². The van der Waals surface area contributed by atoms with Crippen molar-refractivity contribution in [3.63, 3.8) is 0 Å². The molecule has 6 nitrogen and oxygen atoms in total. The number of aromatic amines is 1. The fourth-order valence-electron chi connectivity index (χ4n) is 2.51. The van der Waals surface area contributed by atoms with Crippen molar-refractivity contribution in [2.24, 2.45) is 0 Å². The van der Waals surface area contributed by atoms with Crippen molar-refractivity contribution in [1.82, 2.24) is 20.1 Å². The van der Waals surface area contributed by atoms with Gasteiger partial charge in [-0.05, 0) is 42.5 Å². The van der Waals surface area contributed by atoms with Crippen molar-refractivity contribution in [3.05, 3.63) is 41.5 Å². The van der Waals surface area contributed by atoms with E-state index in [0.29, 0.717) is 12.4 Å². The summed E-state index contributed by atoms with van der Waals surface area (Å²) in [5.41, 5.74) is 2.74. The summed E-state index contributed by atoms with van der Waals surface area (Å²) in [6.45, 7) is 0.426. The highest BCUT2D eigenvalue weighted by Crippen LogP contribution is 2.25. The predicted molar refractivity (Wildman–Crippen MR) is 76.8 cm³/mol. The lowest BCUT2D eigenvalue weighted by molar-refractivity contribution is -0.132. The van der Waals surface area contributed by atoms with Gasteiger partial charge in [-0.3, -0.25) is 9.89 Å². The van der Waals surface area contributed by atoms with Crippen molar-refractivity contribution < 1.29 is 9.53 Å². The minimum atomic E-state index is -0.0908. The zero-order chi connectivity index (χ0) is 14.7. The number of carbonyl (C=O) groups excluding carboxylic acids is 1. The first kappa shape index (κ1) is 13.6. The normalized spacial score (nSPS) is 13.0. The molecule has 0 radical (unpaired) electrons. The van der Waals surface area contributed by atoms with Crippen LogP contribution in [-0.2, 0) is 24.2 Å². The van der Waals surface area contributed by atoms with Crippen LogP contribution in [0.1, 0.15) is 23.4 Å². The van der Waals surface area contributed by atoms with Crippen LogP contribution in [0.2, 0.25) is 0 Å². The molecule has 1 heterocycles. The second kappa shape index (κ2) is 5.95. The molecule has 0 unspecified atom stereocenters. The lowest BCUT2D eigenvalue weighted by atomic mass is 10.1. The monoisotopic (exact) mass is 286 g/mol. The molecule has 0 saturated heterocycles. The Morgan fingerprint density at radius 1 is 1.38 bits per heavy atom.